The van der Waals surface area contributed by atoms with Gasteiger partial charge in [-0.25, -0.2) is 0 Å². The van der Waals surface area contributed by atoms with Gasteiger partial charge in [-0.05, 0) is 23.8 Å². The number of halogens is 1. The van der Waals surface area contributed by atoms with Crippen LogP contribution in [0.2, 0.25) is 5.02 Å². The lowest BCUT2D eigenvalue weighted by molar-refractivity contribution is 0.0780. The van der Waals surface area contributed by atoms with Crippen LogP contribution in [0.5, 0.6) is 0 Å². The highest BCUT2D eigenvalue weighted by molar-refractivity contribution is 6.31. The summed E-state index contributed by atoms with van der Waals surface area (Å²) in [6.07, 6.45) is 0. The number of aromatic nitrogens is 1. The molecule has 0 atom stereocenters. The molecular weight excluding hydrogens is 284 g/mol. The van der Waals surface area contributed by atoms with Crippen molar-refractivity contribution in [2.45, 2.75) is 6.54 Å². The van der Waals surface area contributed by atoms with Crippen molar-refractivity contribution in [1.82, 2.24) is 9.88 Å². The molecule has 1 N–H and O–H groups in total. The minimum absolute atomic E-state index is 0.0499. The summed E-state index contributed by atoms with van der Waals surface area (Å²) in [4.78, 5) is 17.3. The van der Waals surface area contributed by atoms with Crippen molar-refractivity contribution in [2.24, 2.45) is 0 Å². The van der Waals surface area contributed by atoms with Gasteiger partial charge in [-0.2, -0.15) is 0 Å². The number of fused-ring (bicyclic) bond motifs is 1. The van der Waals surface area contributed by atoms with Gasteiger partial charge in [0.05, 0.1) is 0 Å². The topological polar surface area (TPSA) is 36.1 Å². The van der Waals surface area contributed by atoms with Gasteiger partial charge in [-0.15, -0.1) is 0 Å². The zero-order valence-corrected chi connectivity index (χ0v) is 12.4. The molecular formula is C17H15ClN2O. The predicted molar refractivity (Wildman–Crippen MR) is 85.5 cm³/mol. The fourth-order valence-corrected chi connectivity index (χ4v) is 2.54. The van der Waals surface area contributed by atoms with Crippen LogP contribution in [-0.2, 0) is 6.54 Å². The van der Waals surface area contributed by atoms with Crippen LogP contribution in [-0.4, -0.2) is 22.8 Å². The number of amides is 1. The summed E-state index contributed by atoms with van der Waals surface area (Å²) in [6.45, 7) is 0.480. The first-order chi connectivity index (χ1) is 10.1. The molecule has 21 heavy (non-hydrogen) atoms. The smallest absolute Gasteiger partial charge is 0.270 e. The number of rotatable bonds is 3. The second-order valence-electron chi connectivity index (χ2n) is 5.02. The Bertz CT molecular complexity index is 761. The minimum Gasteiger partial charge on any atom is -0.351 e. The molecule has 0 unspecified atom stereocenters. The Kier molecular flexibility index (Phi) is 3.67. The van der Waals surface area contributed by atoms with Gasteiger partial charge in [-0.3, -0.25) is 4.79 Å². The van der Waals surface area contributed by atoms with E-state index in [-0.39, 0.29) is 5.91 Å². The van der Waals surface area contributed by atoms with Crippen molar-refractivity contribution < 1.29 is 4.79 Å². The number of para-hydroxylation sites is 1. The summed E-state index contributed by atoms with van der Waals surface area (Å²) >= 11 is 6.14. The van der Waals surface area contributed by atoms with Crippen LogP contribution in [0.25, 0.3) is 10.9 Å². The van der Waals surface area contributed by atoms with Crippen LogP contribution in [0.3, 0.4) is 0 Å². The van der Waals surface area contributed by atoms with Gasteiger partial charge in [0.15, 0.2) is 0 Å². The molecule has 0 radical (unpaired) electrons. The molecule has 0 aliphatic rings. The summed E-state index contributed by atoms with van der Waals surface area (Å²) in [7, 11) is 1.77. The number of carbonyl (C=O) groups excluding carboxylic acids is 1. The van der Waals surface area contributed by atoms with E-state index in [2.05, 4.69) is 4.98 Å². The average Bonchev–Trinajstić information content (AvgIpc) is 2.92. The molecule has 3 aromatic rings. The number of benzene rings is 2. The lowest BCUT2D eigenvalue weighted by Gasteiger charge is -2.17. The highest BCUT2D eigenvalue weighted by atomic mass is 35.5. The molecule has 4 heteroatoms. The molecule has 1 amide bonds. The van der Waals surface area contributed by atoms with Crippen LogP contribution in [0.15, 0.2) is 54.6 Å². The van der Waals surface area contributed by atoms with E-state index in [1.54, 1.807) is 11.9 Å². The lowest BCUT2D eigenvalue weighted by atomic mass is 10.2. The SMILES string of the molecule is CN(Cc1ccccc1Cl)C(=O)c1cc2ccccc2[nH]1. The lowest BCUT2D eigenvalue weighted by Crippen LogP contribution is -2.26. The standard InChI is InChI=1S/C17H15ClN2O/c1-20(11-13-7-2-4-8-14(13)18)17(21)16-10-12-6-3-5-9-15(12)19-16/h2-10,19H,11H2,1H3. The van der Waals surface area contributed by atoms with Crippen LogP contribution in [0.4, 0.5) is 0 Å². The molecule has 106 valence electrons. The zero-order chi connectivity index (χ0) is 14.8. The summed E-state index contributed by atoms with van der Waals surface area (Å²) < 4.78 is 0. The molecule has 0 fully saturated rings. The minimum atomic E-state index is -0.0499. The Labute approximate surface area is 128 Å². The monoisotopic (exact) mass is 298 g/mol. The molecule has 1 aromatic heterocycles. The van der Waals surface area contributed by atoms with Crippen LogP contribution in [0.1, 0.15) is 16.1 Å². The van der Waals surface area contributed by atoms with Gasteiger partial charge >= 0.3 is 0 Å². The average molecular weight is 299 g/mol. The summed E-state index contributed by atoms with van der Waals surface area (Å²) in [5, 5.41) is 1.71. The fraction of sp³-hybridized carbons (Fsp3) is 0.118. The number of nitrogens with zero attached hydrogens (tertiary/aromatic N) is 1. The number of H-pyrrole nitrogens is 1. The maximum atomic E-state index is 12.5. The zero-order valence-electron chi connectivity index (χ0n) is 11.6. The van der Waals surface area contributed by atoms with E-state index in [1.807, 2.05) is 54.6 Å². The quantitative estimate of drug-likeness (QED) is 0.776. The molecule has 0 saturated heterocycles. The van der Waals surface area contributed by atoms with Crippen molar-refractivity contribution in [3.8, 4) is 0 Å². The van der Waals surface area contributed by atoms with E-state index >= 15 is 0 Å². The highest BCUT2D eigenvalue weighted by Crippen LogP contribution is 2.19. The molecule has 0 aliphatic heterocycles. The third-order valence-corrected chi connectivity index (χ3v) is 3.84. The van der Waals surface area contributed by atoms with Crippen molar-refractivity contribution >= 4 is 28.4 Å². The van der Waals surface area contributed by atoms with E-state index in [0.717, 1.165) is 16.5 Å². The third-order valence-electron chi connectivity index (χ3n) is 3.47. The van der Waals surface area contributed by atoms with E-state index in [9.17, 15) is 4.79 Å². The predicted octanol–water partition coefficient (Wildman–Crippen LogP) is 4.09. The molecule has 3 rings (SSSR count). The summed E-state index contributed by atoms with van der Waals surface area (Å²) in [6, 6.07) is 17.3. The first-order valence-electron chi connectivity index (χ1n) is 6.72. The van der Waals surface area contributed by atoms with Crippen LogP contribution >= 0.6 is 11.6 Å². The van der Waals surface area contributed by atoms with E-state index in [4.69, 9.17) is 11.6 Å². The molecule has 0 aliphatic carbocycles. The van der Waals surface area contributed by atoms with Gasteiger partial charge in [0.1, 0.15) is 5.69 Å². The number of hydrogen-bond donors (Lipinski definition) is 1. The number of carbonyl (C=O) groups is 1. The van der Waals surface area contributed by atoms with E-state index < -0.39 is 0 Å². The van der Waals surface area contributed by atoms with Crippen molar-refractivity contribution in [2.75, 3.05) is 7.05 Å². The molecule has 1 heterocycles. The first-order valence-corrected chi connectivity index (χ1v) is 7.09. The molecule has 0 saturated carbocycles. The van der Waals surface area contributed by atoms with Crippen LogP contribution < -0.4 is 0 Å². The van der Waals surface area contributed by atoms with Gasteiger partial charge in [0.25, 0.3) is 5.91 Å². The third kappa shape index (κ3) is 2.78. The molecule has 0 spiro atoms. The first kappa shape index (κ1) is 13.7. The van der Waals surface area contributed by atoms with Gasteiger partial charge in [0, 0.05) is 29.5 Å². The molecule has 3 nitrogen and oxygen atoms in total. The Balaban J connectivity index is 1.82. The Morgan fingerprint density at radius 1 is 1.14 bits per heavy atom. The largest absolute Gasteiger partial charge is 0.351 e. The van der Waals surface area contributed by atoms with Gasteiger partial charge in [0.2, 0.25) is 0 Å². The summed E-state index contributed by atoms with van der Waals surface area (Å²) in [5.41, 5.74) is 2.49. The van der Waals surface area contributed by atoms with E-state index in [1.165, 1.54) is 0 Å². The van der Waals surface area contributed by atoms with Gasteiger partial charge < -0.3 is 9.88 Å². The maximum absolute atomic E-state index is 12.5. The number of aromatic amines is 1. The Hall–Kier alpha value is -2.26. The highest BCUT2D eigenvalue weighted by Gasteiger charge is 2.15. The normalized spacial score (nSPS) is 10.8. The Morgan fingerprint density at radius 3 is 2.62 bits per heavy atom. The summed E-state index contributed by atoms with van der Waals surface area (Å²) in [5.74, 6) is -0.0499. The molecule has 2 aromatic carbocycles. The van der Waals surface area contributed by atoms with Crippen molar-refractivity contribution in [3.05, 3.63) is 70.9 Å². The number of hydrogen-bond acceptors (Lipinski definition) is 1. The van der Waals surface area contributed by atoms with Gasteiger partial charge in [-0.1, -0.05) is 48.0 Å². The number of nitrogens with one attached hydrogen (secondary N) is 1. The second kappa shape index (κ2) is 5.62. The van der Waals surface area contributed by atoms with E-state index in [0.29, 0.717) is 17.3 Å². The van der Waals surface area contributed by atoms with Crippen molar-refractivity contribution in [1.29, 1.82) is 0 Å². The fourth-order valence-electron chi connectivity index (χ4n) is 2.35. The Morgan fingerprint density at radius 2 is 1.86 bits per heavy atom. The van der Waals surface area contributed by atoms with Crippen LogP contribution in [0, 0.1) is 0 Å². The second-order valence-corrected chi connectivity index (χ2v) is 5.43. The van der Waals surface area contributed by atoms with Crippen molar-refractivity contribution in [3.63, 3.8) is 0 Å². The molecule has 0 bridgehead atoms. The maximum Gasteiger partial charge on any atom is 0.270 e.